The number of nitrogens with one attached hydrogen (secondary N) is 2. The number of H-pyrrole nitrogens is 1. The average molecular weight is 520 g/mol. The second kappa shape index (κ2) is 11.3. The molecule has 1 atom stereocenters. The van der Waals surface area contributed by atoms with E-state index in [9.17, 15) is 0 Å². The number of pyridine rings is 1. The third-order valence-electron chi connectivity index (χ3n) is 7.10. The number of hydrogen-bond donors (Lipinski definition) is 2. The maximum atomic E-state index is 6.33. The Hall–Kier alpha value is -4.16. The van der Waals surface area contributed by atoms with Gasteiger partial charge in [-0.05, 0) is 60.3 Å². The van der Waals surface area contributed by atoms with E-state index in [2.05, 4.69) is 109 Å². The van der Waals surface area contributed by atoms with Crippen LogP contribution in [-0.2, 0) is 12.0 Å². The van der Waals surface area contributed by atoms with Gasteiger partial charge in [0.1, 0.15) is 11.4 Å². The summed E-state index contributed by atoms with van der Waals surface area (Å²) in [6, 6.07) is 29.3. The third-order valence-corrected chi connectivity index (χ3v) is 7.10. The molecule has 5 aromatic rings. The predicted molar refractivity (Wildman–Crippen MR) is 160 cm³/mol. The number of aromatic amines is 1. The van der Waals surface area contributed by atoms with Crippen LogP contribution in [0.3, 0.4) is 0 Å². The van der Waals surface area contributed by atoms with Crippen LogP contribution in [0, 0.1) is 0 Å². The Morgan fingerprint density at radius 2 is 1.72 bits per heavy atom. The predicted octanol–water partition coefficient (Wildman–Crippen LogP) is 8.37. The van der Waals surface area contributed by atoms with Crippen molar-refractivity contribution in [2.24, 2.45) is 0 Å². The van der Waals surface area contributed by atoms with Crippen LogP contribution in [0.25, 0.3) is 11.0 Å². The van der Waals surface area contributed by atoms with Gasteiger partial charge in [0.15, 0.2) is 0 Å². The van der Waals surface area contributed by atoms with E-state index in [-0.39, 0.29) is 11.5 Å². The molecule has 39 heavy (non-hydrogen) atoms. The highest BCUT2D eigenvalue weighted by Gasteiger charge is 2.20. The fourth-order valence-electron chi connectivity index (χ4n) is 4.87. The highest BCUT2D eigenvalue weighted by molar-refractivity contribution is 5.79. The lowest BCUT2D eigenvalue weighted by Gasteiger charge is -2.28. The highest BCUT2D eigenvalue weighted by atomic mass is 16.5. The number of rotatable bonds is 9. The molecule has 2 heterocycles. The Balaban J connectivity index is 1.37. The van der Waals surface area contributed by atoms with Crippen LogP contribution in [0.1, 0.15) is 57.4 Å². The van der Waals surface area contributed by atoms with E-state index in [0.29, 0.717) is 11.8 Å². The second-order valence-corrected chi connectivity index (χ2v) is 10.9. The van der Waals surface area contributed by atoms with Crippen LogP contribution in [0.2, 0.25) is 0 Å². The molecule has 200 valence electrons. The molecule has 1 unspecified atom stereocenters. The number of benzene rings is 3. The van der Waals surface area contributed by atoms with Crippen molar-refractivity contribution in [2.45, 2.75) is 52.6 Å². The first-order valence-electron chi connectivity index (χ1n) is 13.6. The van der Waals surface area contributed by atoms with E-state index in [1.807, 2.05) is 30.3 Å². The molecular weight excluding hydrogens is 482 g/mol. The molecule has 0 amide bonds. The van der Waals surface area contributed by atoms with Gasteiger partial charge in [0.05, 0.1) is 11.0 Å². The first-order chi connectivity index (χ1) is 18.8. The minimum absolute atomic E-state index is 0.0546. The van der Waals surface area contributed by atoms with Crippen LogP contribution in [0.4, 0.5) is 11.6 Å². The SMILES string of the molecule is CCN(Cc1ccccc1)C(C)c1ccc2nc(Nc3cccnc3Oc3ccccc3C(C)(C)C)[nH]c2c1. The van der Waals surface area contributed by atoms with Gasteiger partial charge in [-0.1, -0.05) is 82.3 Å². The molecular formula is C33H37N5O. The van der Waals surface area contributed by atoms with Crippen LogP contribution in [-0.4, -0.2) is 26.4 Å². The fraction of sp³-hybridized carbons (Fsp3) is 0.273. The fourth-order valence-corrected chi connectivity index (χ4v) is 4.87. The number of fused-ring (bicyclic) bond motifs is 1. The van der Waals surface area contributed by atoms with Crippen molar-refractivity contribution in [3.05, 3.63) is 108 Å². The molecule has 0 fully saturated rings. The Kier molecular flexibility index (Phi) is 7.66. The standard InChI is InChI=1S/C33H37N5O/c1-6-38(22-24-13-8-7-9-14-24)23(2)25-18-19-27-29(21-25)37-32(35-27)36-28-16-12-20-34-31(28)39-30-17-11-10-15-26(30)33(3,4)5/h7-21,23H,6,22H2,1-5H3,(H2,35,36,37). The summed E-state index contributed by atoms with van der Waals surface area (Å²) in [4.78, 5) is 15.2. The largest absolute Gasteiger partial charge is 0.437 e. The van der Waals surface area contributed by atoms with Gasteiger partial charge in [0.2, 0.25) is 11.8 Å². The van der Waals surface area contributed by atoms with Crippen LogP contribution in [0.5, 0.6) is 11.6 Å². The number of imidazole rings is 1. The summed E-state index contributed by atoms with van der Waals surface area (Å²) in [5.74, 6) is 1.95. The molecule has 2 aromatic heterocycles. The van der Waals surface area contributed by atoms with Gasteiger partial charge < -0.3 is 15.0 Å². The minimum atomic E-state index is -0.0546. The van der Waals surface area contributed by atoms with E-state index < -0.39 is 0 Å². The van der Waals surface area contributed by atoms with Crippen LogP contribution >= 0.6 is 0 Å². The first-order valence-corrected chi connectivity index (χ1v) is 13.6. The molecule has 6 heteroatoms. The molecule has 5 rings (SSSR count). The summed E-state index contributed by atoms with van der Waals surface area (Å²) in [6.45, 7) is 12.9. The maximum absolute atomic E-state index is 6.33. The molecule has 2 N–H and O–H groups in total. The summed E-state index contributed by atoms with van der Waals surface area (Å²) in [5, 5.41) is 3.39. The average Bonchev–Trinajstić information content (AvgIpc) is 3.34. The number of nitrogens with zero attached hydrogens (tertiary/aromatic N) is 3. The van der Waals surface area contributed by atoms with E-state index in [1.54, 1.807) is 6.20 Å². The lowest BCUT2D eigenvalue weighted by atomic mass is 9.86. The minimum Gasteiger partial charge on any atom is -0.437 e. The second-order valence-electron chi connectivity index (χ2n) is 10.9. The summed E-state index contributed by atoms with van der Waals surface area (Å²) in [7, 11) is 0. The smallest absolute Gasteiger partial charge is 0.243 e. The third kappa shape index (κ3) is 6.13. The quantitative estimate of drug-likeness (QED) is 0.205. The summed E-state index contributed by atoms with van der Waals surface area (Å²) in [5.41, 5.74) is 6.28. The molecule has 6 nitrogen and oxygen atoms in total. The van der Waals surface area contributed by atoms with Crippen molar-refractivity contribution in [3.8, 4) is 11.6 Å². The Morgan fingerprint density at radius 1 is 0.949 bits per heavy atom. The number of aromatic nitrogens is 3. The van der Waals surface area contributed by atoms with Gasteiger partial charge in [-0.15, -0.1) is 0 Å². The number of para-hydroxylation sites is 1. The van der Waals surface area contributed by atoms with Crippen LogP contribution in [0.15, 0.2) is 91.1 Å². The first kappa shape index (κ1) is 26.4. The lowest BCUT2D eigenvalue weighted by Crippen LogP contribution is -2.26. The normalized spacial score (nSPS) is 12.6. The molecule has 0 aliphatic heterocycles. The molecule has 0 saturated heterocycles. The van der Waals surface area contributed by atoms with E-state index >= 15 is 0 Å². The van der Waals surface area contributed by atoms with Gasteiger partial charge in [-0.25, -0.2) is 9.97 Å². The van der Waals surface area contributed by atoms with E-state index in [1.165, 1.54) is 11.1 Å². The van der Waals surface area contributed by atoms with Crippen LogP contribution < -0.4 is 10.1 Å². The van der Waals surface area contributed by atoms with Crippen molar-refractivity contribution in [1.82, 2.24) is 19.9 Å². The van der Waals surface area contributed by atoms with Gasteiger partial charge in [-0.2, -0.15) is 0 Å². The zero-order valence-corrected chi connectivity index (χ0v) is 23.4. The summed E-state index contributed by atoms with van der Waals surface area (Å²) < 4.78 is 6.33. The van der Waals surface area contributed by atoms with E-state index in [0.717, 1.165) is 41.1 Å². The number of hydrogen-bond acceptors (Lipinski definition) is 5. The molecule has 0 aliphatic rings. The van der Waals surface area contributed by atoms with Gasteiger partial charge in [0.25, 0.3) is 0 Å². The zero-order chi connectivity index (χ0) is 27.4. The zero-order valence-electron chi connectivity index (χ0n) is 23.4. The van der Waals surface area contributed by atoms with Gasteiger partial charge in [0, 0.05) is 24.3 Å². The molecule has 0 bridgehead atoms. The Morgan fingerprint density at radius 3 is 2.49 bits per heavy atom. The molecule has 0 saturated carbocycles. The van der Waals surface area contributed by atoms with Crippen molar-refractivity contribution in [1.29, 1.82) is 0 Å². The summed E-state index contributed by atoms with van der Waals surface area (Å²) in [6.07, 6.45) is 1.74. The molecule has 0 aliphatic carbocycles. The van der Waals surface area contributed by atoms with Gasteiger partial charge >= 0.3 is 0 Å². The maximum Gasteiger partial charge on any atom is 0.243 e. The molecule has 3 aromatic carbocycles. The van der Waals surface area contributed by atoms with Crippen molar-refractivity contribution >= 4 is 22.7 Å². The Bertz CT molecular complexity index is 1540. The van der Waals surface area contributed by atoms with Crippen molar-refractivity contribution < 1.29 is 4.74 Å². The topological polar surface area (TPSA) is 66.1 Å². The Labute approximate surface area is 231 Å². The summed E-state index contributed by atoms with van der Waals surface area (Å²) >= 11 is 0. The van der Waals surface area contributed by atoms with Crippen molar-refractivity contribution in [2.75, 3.05) is 11.9 Å². The molecule has 0 radical (unpaired) electrons. The monoisotopic (exact) mass is 519 g/mol. The number of ether oxygens (including phenoxy) is 1. The molecule has 0 spiro atoms. The van der Waals surface area contributed by atoms with Crippen molar-refractivity contribution in [3.63, 3.8) is 0 Å². The highest BCUT2D eigenvalue weighted by Crippen LogP contribution is 2.36. The van der Waals surface area contributed by atoms with E-state index in [4.69, 9.17) is 9.72 Å². The number of anilines is 2. The lowest BCUT2D eigenvalue weighted by molar-refractivity contribution is 0.213. The van der Waals surface area contributed by atoms with Gasteiger partial charge in [-0.3, -0.25) is 4.90 Å².